The number of rotatable bonds is 1. The van der Waals surface area contributed by atoms with Crippen molar-refractivity contribution in [1.29, 1.82) is 0 Å². The Bertz CT molecular complexity index is 281. The minimum atomic E-state index is 0.373. The number of phenols is 1. The van der Waals surface area contributed by atoms with Gasteiger partial charge in [-0.2, -0.15) is 0 Å². The van der Waals surface area contributed by atoms with Gasteiger partial charge in [-0.1, -0.05) is 31.9 Å². The van der Waals surface area contributed by atoms with E-state index >= 15 is 0 Å². The van der Waals surface area contributed by atoms with Crippen LogP contribution in [-0.4, -0.2) is 5.11 Å². The first kappa shape index (κ1) is 9.57. The van der Waals surface area contributed by atoms with Crippen molar-refractivity contribution in [3.8, 4) is 5.75 Å². The fourth-order valence-electron chi connectivity index (χ4n) is 2.34. The lowest BCUT2D eigenvalue weighted by molar-refractivity contribution is 0.347. The van der Waals surface area contributed by atoms with E-state index in [1.165, 1.54) is 31.2 Å². The molecule has 0 radical (unpaired) electrons. The van der Waals surface area contributed by atoms with E-state index in [1.807, 2.05) is 0 Å². The van der Waals surface area contributed by atoms with Crippen molar-refractivity contribution in [2.75, 3.05) is 0 Å². The molecule has 1 heteroatoms. The molecule has 0 aliphatic heterocycles. The van der Waals surface area contributed by atoms with Gasteiger partial charge in [0.25, 0.3) is 0 Å². The first-order chi connectivity index (χ1) is 6.75. The van der Waals surface area contributed by atoms with Crippen LogP contribution in [0.1, 0.15) is 44.1 Å². The fraction of sp³-hybridized carbons (Fsp3) is 0.538. The summed E-state index contributed by atoms with van der Waals surface area (Å²) in [4.78, 5) is 0. The molecule has 0 bridgehead atoms. The Balaban J connectivity index is 2.05. The van der Waals surface area contributed by atoms with E-state index in [0.717, 1.165) is 11.8 Å². The summed E-state index contributed by atoms with van der Waals surface area (Å²) in [5.74, 6) is 2.01. The molecule has 0 heterocycles. The van der Waals surface area contributed by atoms with Gasteiger partial charge in [0.15, 0.2) is 0 Å². The van der Waals surface area contributed by atoms with Crippen molar-refractivity contribution in [3.63, 3.8) is 0 Å². The molecule has 1 fully saturated rings. The van der Waals surface area contributed by atoms with Gasteiger partial charge in [0.2, 0.25) is 0 Å². The van der Waals surface area contributed by atoms with Gasteiger partial charge in [-0.05, 0) is 42.4 Å². The molecule has 1 aromatic rings. The predicted molar refractivity (Wildman–Crippen MR) is 58.5 cm³/mol. The molecule has 0 spiro atoms. The molecule has 1 saturated carbocycles. The molecule has 0 atom stereocenters. The van der Waals surface area contributed by atoms with Crippen molar-refractivity contribution in [3.05, 3.63) is 29.8 Å². The maximum absolute atomic E-state index is 9.20. The molecule has 0 aromatic heterocycles. The molecule has 0 saturated heterocycles. The highest BCUT2D eigenvalue weighted by Gasteiger charge is 2.19. The molecule has 0 amide bonds. The summed E-state index contributed by atoms with van der Waals surface area (Å²) in [5, 5.41) is 9.20. The summed E-state index contributed by atoms with van der Waals surface area (Å²) in [6.45, 7) is 2.34. The monoisotopic (exact) mass is 190 g/mol. The van der Waals surface area contributed by atoms with E-state index in [2.05, 4.69) is 19.1 Å². The Morgan fingerprint density at radius 2 is 1.57 bits per heavy atom. The van der Waals surface area contributed by atoms with Gasteiger partial charge < -0.3 is 5.11 Å². The van der Waals surface area contributed by atoms with E-state index in [4.69, 9.17) is 0 Å². The van der Waals surface area contributed by atoms with Crippen LogP contribution in [0.4, 0.5) is 0 Å². The quantitative estimate of drug-likeness (QED) is 0.716. The van der Waals surface area contributed by atoms with Crippen molar-refractivity contribution >= 4 is 0 Å². The second-order valence-corrected chi connectivity index (χ2v) is 4.55. The van der Waals surface area contributed by atoms with Crippen LogP contribution in [0, 0.1) is 5.92 Å². The molecular weight excluding hydrogens is 172 g/mol. The Labute approximate surface area is 85.8 Å². The van der Waals surface area contributed by atoms with Gasteiger partial charge in [-0.3, -0.25) is 0 Å². The van der Waals surface area contributed by atoms with Gasteiger partial charge in [-0.25, -0.2) is 0 Å². The minimum absolute atomic E-state index is 0.373. The number of phenolic OH excluding ortho intramolecular Hbond substituents is 1. The Morgan fingerprint density at radius 3 is 2.14 bits per heavy atom. The molecule has 2 rings (SSSR count). The first-order valence-corrected chi connectivity index (χ1v) is 5.54. The van der Waals surface area contributed by atoms with Crippen LogP contribution in [0.25, 0.3) is 0 Å². The SMILES string of the molecule is CC1CCC(c2ccc(O)cc2)CC1. The average molecular weight is 190 g/mol. The fourth-order valence-corrected chi connectivity index (χ4v) is 2.34. The van der Waals surface area contributed by atoms with Crippen LogP contribution < -0.4 is 0 Å². The van der Waals surface area contributed by atoms with Crippen molar-refractivity contribution in [2.24, 2.45) is 5.92 Å². The second kappa shape index (κ2) is 4.04. The molecule has 76 valence electrons. The molecule has 0 unspecified atom stereocenters. The van der Waals surface area contributed by atoms with Crippen molar-refractivity contribution in [1.82, 2.24) is 0 Å². The maximum atomic E-state index is 9.20. The van der Waals surface area contributed by atoms with Gasteiger partial charge in [0, 0.05) is 0 Å². The smallest absolute Gasteiger partial charge is 0.115 e. The predicted octanol–water partition coefficient (Wildman–Crippen LogP) is 3.69. The summed E-state index contributed by atoms with van der Waals surface area (Å²) in [5.41, 5.74) is 1.40. The third-order valence-corrected chi connectivity index (χ3v) is 3.38. The third-order valence-electron chi connectivity index (χ3n) is 3.38. The molecule has 14 heavy (non-hydrogen) atoms. The number of hydrogen-bond acceptors (Lipinski definition) is 1. The van der Waals surface area contributed by atoms with Gasteiger partial charge in [0.05, 0.1) is 0 Å². The van der Waals surface area contributed by atoms with Crippen LogP contribution in [0.2, 0.25) is 0 Å². The molecule has 1 aliphatic carbocycles. The molecular formula is C13H18O. The second-order valence-electron chi connectivity index (χ2n) is 4.55. The Hall–Kier alpha value is -0.980. The molecule has 1 aromatic carbocycles. The van der Waals surface area contributed by atoms with E-state index in [9.17, 15) is 5.11 Å². The normalized spacial score (nSPS) is 27.5. The first-order valence-electron chi connectivity index (χ1n) is 5.54. The highest BCUT2D eigenvalue weighted by molar-refractivity contribution is 5.28. The van der Waals surface area contributed by atoms with Crippen LogP contribution in [0.3, 0.4) is 0 Å². The minimum Gasteiger partial charge on any atom is -0.508 e. The van der Waals surface area contributed by atoms with Crippen LogP contribution >= 0.6 is 0 Å². The molecule has 1 aliphatic rings. The van der Waals surface area contributed by atoms with Crippen LogP contribution in [-0.2, 0) is 0 Å². The standard InChI is InChI=1S/C13H18O/c1-10-2-4-11(5-3-10)12-6-8-13(14)9-7-12/h6-11,14H,2-5H2,1H3. The van der Waals surface area contributed by atoms with Gasteiger partial charge in [-0.15, -0.1) is 0 Å². The Kier molecular flexibility index (Phi) is 2.76. The summed E-state index contributed by atoms with van der Waals surface area (Å²) in [6.07, 6.45) is 5.33. The lowest BCUT2D eigenvalue weighted by atomic mass is 9.79. The average Bonchev–Trinajstić information content (AvgIpc) is 2.21. The zero-order valence-corrected chi connectivity index (χ0v) is 8.74. The zero-order chi connectivity index (χ0) is 9.97. The highest BCUT2D eigenvalue weighted by atomic mass is 16.3. The lowest BCUT2D eigenvalue weighted by Crippen LogP contribution is -2.10. The van der Waals surface area contributed by atoms with Crippen molar-refractivity contribution in [2.45, 2.75) is 38.5 Å². The number of aromatic hydroxyl groups is 1. The van der Waals surface area contributed by atoms with Crippen LogP contribution in [0.5, 0.6) is 5.75 Å². The summed E-state index contributed by atoms with van der Waals surface area (Å²) >= 11 is 0. The van der Waals surface area contributed by atoms with Crippen molar-refractivity contribution < 1.29 is 5.11 Å². The van der Waals surface area contributed by atoms with Crippen LogP contribution in [0.15, 0.2) is 24.3 Å². The lowest BCUT2D eigenvalue weighted by Gasteiger charge is -2.26. The number of benzene rings is 1. The van der Waals surface area contributed by atoms with E-state index in [-0.39, 0.29) is 0 Å². The molecule has 1 N–H and O–H groups in total. The van der Waals surface area contributed by atoms with E-state index in [0.29, 0.717) is 5.75 Å². The highest BCUT2D eigenvalue weighted by Crippen LogP contribution is 2.35. The molecule has 1 nitrogen and oxygen atoms in total. The third kappa shape index (κ3) is 2.09. The largest absolute Gasteiger partial charge is 0.508 e. The van der Waals surface area contributed by atoms with E-state index < -0.39 is 0 Å². The summed E-state index contributed by atoms with van der Waals surface area (Å²) in [6, 6.07) is 7.73. The number of hydrogen-bond donors (Lipinski definition) is 1. The zero-order valence-electron chi connectivity index (χ0n) is 8.74. The van der Waals surface area contributed by atoms with E-state index in [1.54, 1.807) is 12.1 Å². The summed E-state index contributed by atoms with van der Waals surface area (Å²) in [7, 11) is 0. The van der Waals surface area contributed by atoms with Gasteiger partial charge in [0.1, 0.15) is 5.75 Å². The maximum Gasteiger partial charge on any atom is 0.115 e. The summed E-state index contributed by atoms with van der Waals surface area (Å²) < 4.78 is 0. The van der Waals surface area contributed by atoms with Gasteiger partial charge >= 0.3 is 0 Å². The Morgan fingerprint density at radius 1 is 1.00 bits per heavy atom. The topological polar surface area (TPSA) is 20.2 Å².